The van der Waals surface area contributed by atoms with E-state index in [1.54, 1.807) is 12.1 Å². The summed E-state index contributed by atoms with van der Waals surface area (Å²) in [5.41, 5.74) is 0.811. The van der Waals surface area contributed by atoms with Crippen LogP contribution >= 0.6 is 0 Å². The van der Waals surface area contributed by atoms with E-state index >= 15 is 0 Å². The van der Waals surface area contributed by atoms with Gasteiger partial charge in [0.1, 0.15) is 5.84 Å². The highest BCUT2D eigenvalue weighted by Gasteiger charge is 2.16. The quantitative estimate of drug-likeness (QED) is 0.358. The number of non-ortho nitro benzene ring substituents is 1. The molecule has 0 radical (unpaired) electrons. The zero-order valence-electron chi connectivity index (χ0n) is 8.85. The topological polar surface area (TPSA) is 70.2 Å². The van der Waals surface area contributed by atoms with Crippen LogP contribution in [0.25, 0.3) is 0 Å². The smallest absolute Gasteiger partial charge is 0.269 e. The van der Waals surface area contributed by atoms with E-state index in [-0.39, 0.29) is 5.69 Å². The van der Waals surface area contributed by atoms with Gasteiger partial charge in [0.05, 0.1) is 4.92 Å². The lowest BCUT2D eigenvalue weighted by molar-refractivity contribution is -0.384. The summed E-state index contributed by atoms with van der Waals surface area (Å²) in [7, 11) is 0. The minimum Gasteiger partial charge on any atom is -0.357 e. The van der Waals surface area contributed by atoms with E-state index in [9.17, 15) is 10.1 Å². The van der Waals surface area contributed by atoms with E-state index < -0.39 is 4.92 Å². The molecule has 1 heterocycles. The van der Waals surface area contributed by atoms with E-state index in [0.29, 0.717) is 5.84 Å². The Morgan fingerprint density at radius 3 is 2.31 bits per heavy atom. The van der Waals surface area contributed by atoms with Crippen molar-refractivity contribution in [3.05, 3.63) is 39.9 Å². The van der Waals surface area contributed by atoms with Crippen molar-refractivity contribution in [2.45, 2.75) is 12.8 Å². The summed E-state index contributed by atoms with van der Waals surface area (Å²) in [6.07, 6.45) is 2.24. The summed E-state index contributed by atoms with van der Waals surface area (Å²) in [6.45, 7) is 1.83. The molecule has 0 aromatic heterocycles. The normalized spacial score (nSPS) is 15.1. The minimum atomic E-state index is -0.427. The van der Waals surface area contributed by atoms with Crippen LogP contribution in [-0.4, -0.2) is 28.7 Å². The van der Waals surface area contributed by atoms with Crippen molar-refractivity contribution in [1.82, 2.24) is 4.90 Å². The third kappa shape index (κ3) is 2.03. The number of hydrogen-bond donors (Lipinski definition) is 1. The Hall–Kier alpha value is -1.91. The fourth-order valence-corrected chi connectivity index (χ4v) is 1.86. The molecule has 0 spiro atoms. The van der Waals surface area contributed by atoms with Gasteiger partial charge in [0.2, 0.25) is 0 Å². The maximum atomic E-state index is 10.5. The van der Waals surface area contributed by atoms with Gasteiger partial charge in [-0.2, -0.15) is 0 Å². The van der Waals surface area contributed by atoms with Crippen LogP contribution in [0.3, 0.4) is 0 Å². The lowest BCUT2D eigenvalue weighted by atomic mass is 10.2. The number of nitro benzene ring substituents is 1. The van der Waals surface area contributed by atoms with E-state index in [1.807, 2.05) is 4.90 Å². The number of nitrogens with one attached hydrogen (secondary N) is 1. The lowest BCUT2D eigenvalue weighted by Crippen LogP contribution is -2.27. The average molecular weight is 219 g/mol. The van der Waals surface area contributed by atoms with Gasteiger partial charge in [-0.05, 0) is 25.0 Å². The van der Waals surface area contributed by atoms with Crippen LogP contribution in [0.2, 0.25) is 0 Å². The van der Waals surface area contributed by atoms with Crippen molar-refractivity contribution in [3.8, 4) is 0 Å². The Morgan fingerprint density at radius 2 is 1.81 bits per heavy atom. The standard InChI is InChI=1S/C11H13N3O2/c12-11(13-7-1-2-8-13)9-3-5-10(6-4-9)14(15)16/h3-6,12H,1-2,7-8H2. The fraction of sp³-hybridized carbons (Fsp3) is 0.364. The molecule has 1 aliphatic rings. The molecule has 1 aromatic carbocycles. The van der Waals surface area contributed by atoms with E-state index in [4.69, 9.17) is 5.41 Å². The molecule has 0 bridgehead atoms. The summed E-state index contributed by atoms with van der Waals surface area (Å²) >= 11 is 0. The number of nitro groups is 1. The molecule has 1 aliphatic heterocycles. The highest BCUT2D eigenvalue weighted by atomic mass is 16.6. The van der Waals surface area contributed by atoms with Crippen LogP contribution in [0.5, 0.6) is 0 Å². The molecule has 1 aromatic rings. The monoisotopic (exact) mass is 219 g/mol. The van der Waals surface area contributed by atoms with Gasteiger partial charge in [-0.25, -0.2) is 0 Å². The van der Waals surface area contributed by atoms with Gasteiger partial charge in [-0.3, -0.25) is 15.5 Å². The Morgan fingerprint density at radius 1 is 1.25 bits per heavy atom. The second-order valence-electron chi connectivity index (χ2n) is 3.85. The highest BCUT2D eigenvalue weighted by Crippen LogP contribution is 2.16. The highest BCUT2D eigenvalue weighted by molar-refractivity contribution is 5.96. The van der Waals surface area contributed by atoms with Crippen molar-refractivity contribution in [2.24, 2.45) is 0 Å². The van der Waals surface area contributed by atoms with Gasteiger partial charge in [-0.15, -0.1) is 0 Å². The zero-order valence-corrected chi connectivity index (χ0v) is 8.85. The van der Waals surface area contributed by atoms with Gasteiger partial charge >= 0.3 is 0 Å². The SMILES string of the molecule is N=C(c1ccc([N+](=O)[O-])cc1)N1CCCC1. The molecule has 2 rings (SSSR count). The number of nitrogens with zero attached hydrogens (tertiary/aromatic N) is 2. The molecule has 0 unspecified atom stereocenters. The maximum absolute atomic E-state index is 10.5. The molecule has 5 heteroatoms. The molecule has 0 aliphatic carbocycles. The molecule has 1 saturated heterocycles. The van der Waals surface area contributed by atoms with E-state index in [1.165, 1.54) is 12.1 Å². The second-order valence-corrected chi connectivity index (χ2v) is 3.85. The van der Waals surface area contributed by atoms with Crippen LogP contribution in [0.15, 0.2) is 24.3 Å². The van der Waals surface area contributed by atoms with Gasteiger partial charge in [-0.1, -0.05) is 0 Å². The summed E-state index contributed by atoms with van der Waals surface area (Å²) in [4.78, 5) is 12.1. The summed E-state index contributed by atoms with van der Waals surface area (Å²) in [5, 5.41) is 18.4. The Labute approximate surface area is 93.3 Å². The number of likely N-dealkylation sites (tertiary alicyclic amines) is 1. The number of rotatable bonds is 2. The van der Waals surface area contributed by atoms with Crippen LogP contribution in [-0.2, 0) is 0 Å². The fourth-order valence-electron chi connectivity index (χ4n) is 1.86. The molecule has 1 N–H and O–H groups in total. The molecule has 0 atom stereocenters. The van der Waals surface area contributed by atoms with Crippen molar-refractivity contribution >= 4 is 11.5 Å². The van der Waals surface area contributed by atoms with Crippen LogP contribution < -0.4 is 0 Å². The maximum Gasteiger partial charge on any atom is 0.269 e. The van der Waals surface area contributed by atoms with Crippen molar-refractivity contribution in [1.29, 1.82) is 5.41 Å². The van der Waals surface area contributed by atoms with E-state index in [2.05, 4.69) is 0 Å². The average Bonchev–Trinajstić information content (AvgIpc) is 2.81. The van der Waals surface area contributed by atoms with Crippen LogP contribution in [0.1, 0.15) is 18.4 Å². The number of amidine groups is 1. The van der Waals surface area contributed by atoms with Crippen molar-refractivity contribution < 1.29 is 4.92 Å². The second kappa shape index (κ2) is 4.30. The summed E-state index contributed by atoms with van der Waals surface area (Å²) in [6, 6.07) is 6.16. The molecule has 0 saturated carbocycles. The Balaban J connectivity index is 2.14. The molecule has 0 amide bonds. The first kappa shape index (κ1) is 10.6. The molecule has 84 valence electrons. The van der Waals surface area contributed by atoms with Gasteiger partial charge in [0.25, 0.3) is 5.69 Å². The number of hydrogen-bond acceptors (Lipinski definition) is 3. The van der Waals surface area contributed by atoms with Crippen LogP contribution in [0, 0.1) is 15.5 Å². The number of benzene rings is 1. The van der Waals surface area contributed by atoms with Gasteiger partial charge in [0, 0.05) is 30.8 Å². The first-order chi connectivity index (χ1) is 7.68. The summed E-state index contributed by atoms with van der Waals surface area (Å²) in [5.74, 6) is 0.465. The first-order valence-electron chi connectivity index (χ1n) is 5.27. The molecule has 16 heavy (non-hydrogen) atoms. The molecular formula is C11H13N3O2. The van der Waals surface area contributed by atoms with Crippen LogP contribution in [0.4, 0.5) is 5.69 Å². The van der Waals surface area contributed by atoms with Gasteiger partial charge < -0.3 is 4.90 Å². The van der Waals surface area contributed by atoms with Crippen molar-refractivity contribution in [3.63, 3.8) is 0 Å². The predicted octanol–water partition coefficient (Wildman–Crippen LogP) is 2.02. The predicted molar refractivity (Wildman–Crippen MR) is 60.7 cm³/mol. The Bertz CT molecular complexity index is 408. The zero-order chi connectivity index (χ0) is 11.5. The molecule has 5 nitrogen and oxygen atoms in total. The molecule has 1 fully saturated rings. The van der Waals surface area contributed by atoms with Gasteiger partial charge in [0.15, 0.2) is 0 Å². The third-order valence-corrected chi connectivity index (χ3v) is 2.77. The summed E-state index contributed by atoms with van der Waals surface area (Å²) < 4.78 is 0. The third-order valence-electron chi connectivity index (χ3n) is 2.77. The Kier molecular flexibility index (Phi) is 2.85. The minimum absolute atomic E-state index is 0.0676. The first-order valence-corrected chi connectivity index (χ1v) is 5.27. The van der Waals surface area contributed by atoms with Crippen molar-refractivity contribution in [2.75, 3.05) is 13.1 Å². The largest absolute Gasteiger partial charge is 0.357 e. The lowest BCUT2D eigenvalue weighted by Gasteiger charge is -2.18. The molecular weight excluding hydrogens is 206 g/mol. The van der Waals surface area contributed by atoms with E-state index in [0.717, 1.165) is 31.5 Å².